The van der Waals surface area contributed by atoms with Crippen molar-refractivity contribution in [3.63, 3.8) is 0 Å². The van der Waals surface area contributed by atoms with Crippen LogP contribution < -0.4 is 0 Å². The third kappa shape index (κ3) is 2.51. The van der Waals surface area contributed by atoms with Crippen molar-refractivity contribution in [2.45, 2.75) is 53.6 Å². The van der Waals surface area contributed by atoms with Gasteiger partial charge in [0.1, 0.15) is 8.22 Å². The smallest absolute Gasteiger partial charge is 0.109 e. The van der Waals surface area contributed by atoms with Crippen LogP contribution in [0.25, 0.3) is 0 Å². The van der Waals surface area contributed by atoms with E-state index >= 15 is 0 Å². The first kappa shape index (κ1) is 14.4. The molecule has 3 heteroatoms. The first-order chi connectivity index (χ1) is 8.73. The van der Waals surface area contributed by atoms with Gasteiger partial charge in [-0.15, -0.1) is 0 Å². The lowest BCUT2D eigenvalue weighted by Gasteiger charge is -2.36. The molecule has 0 aliphatic heterocycles. The average Bonchev–Trinajstić information content (AvgIpc) is 2.77. The second-order valence-electron chi connectivity index (χ2n) is 6.32. The van der Waals surface area contributed by atoms with E-state index in [0.29, 0.717) is 0 Å². The Bertz CT molecular complexity index is 499. The molecule has 0 aliphatic carbocycles. The van der Waals surface area contributed by atoms with Crippen LogP contribution >= 0.6 is 8.22 Å². The summed E-state index contributed by atoms with van der Waals surface area (Å²) in [6, 6.07) is 8.91. The molecule has 2 heterocycles. The zero-order valence-corrected chi connectivity index (χ0v) is 14.0. The molecule has 0 N–H and O–H groups in total. The van der Waals surface area contributed by atoms with Crippen LogP contribution in [-0.2, 0) is 0 Å². The summed E-state index contributed by atoms with van der Waals surface area (Å²) < 4.78 is 5.05. The topological polar surface area (TPSA) is 9.86 Å². The van der Waals surface area contributed by atoms with E-state index in [2.05, 4.69) is 81.4 Å². The summed E-state index contributed by atoms with van der Waals surface area (Å²) in [5, 5.41) is 0.221. The largest absolute Gasteiger partial charge is 0.310 e. The van der Waals surface area contributed by atoms with Gasteiger partial charge in [0.15, 0.2) is 0 Å². The summed E-state index contributed by atoms with van der Waals surface area (Å²) in [5.74, 6) is 0. The average molecular weight is 276 g/mol. The molecule has 0 saturated carbocycles. The highest BCUT2D eigenvalue weighted by molar-refractivity contribution is 7.56. The van der Waals surface area contributed by atoms with Gasteiger partial charge in [-0.3, -0.25) is 0 Å². The predicted molar refractivity (Wildman–Crippen MR) is 85.3 cm³/mol. The third-order valence-electron chi connectivity index (χ3n) is 3.45. The normalized spacial score (nSPS) is 12.4. The van der Waals surface area contributed by atoms with Crippen LogP contribution in [0, 0.1) is 27.7 Å². The Labute approximate surface area is 118 Å². The molecular weight excluding hydrogens is 251 g/mol. The summed E-state index contributed by atoms with van der Waals surface area (Å²) in [6.07, 6.45) is 0. The minimum absolute atomic E-state index is 0.221. The zero-order valence-electron chi connectivity index (χ0n) is 13.2. The summed E-state index contributed by atoms with van der Waals surface area (Å²) in [6.45, 7) is 15.9. The van der Waals surface area contributed by atoms with Gasteiger partial charge < -0.3 is 8.68 Å². The highest BCUT2D eigenvalue weighted by atomic mass is 31.1. The van der Waals surface area contributed by atoms with E-state index in [1.807, 2.05) is 0 Å². The van der Waals surface area contributed by atoms with Crippen molar-refractivity contribution in [2.24, 2.45) is 0 Å². The highest BCUT2D eigenvalue weighted by Gasteiger charge is 2.31. The van der Waals surface area contributed by atoms with Gasteiger partial charge in [0.25, 0.3) is 0 Å². The zero-order chi connectivity index (χ0) is 14.4. The molecular formula is C16H25N2P. The lowest BCUT2D eigenvalue weighted by Crippen LogP contribution is -2.23. The Kier molecular flexibility index (Phi) is 3.66. The standard InChI is InChI=1S/C16H25N2P/c1-12-8-9-13(2)17(12)19(16(5,6)7)18-14(3)10-11-15(18)4/h8-11H,1-7H3. The molecule has 2 aromatic heterocycles. The molecule has 104 valence electrons. The van der Waals surface area contributed by atoms with Crippen molar-refractivity contribution in [3.8, 4) is 0 Å². The van der Waals surface area contributed by atoms with Gasteiger partial charge in [-0.2, -0.15) is 0 Å². The van der Waals surface area contributed by atoms with Crippen LogP contribution in [0.15, 0.2) is 24.3 Å². The minimum Gasteiger partial charge on any atom is -0.310 e. The van der Waals surface area contributed by atoms with Crippen LogP contribution in [0.2, 0.25) is 0 Å². The van der Waals surface area contributed by atoms with Gasteiger partial charge in [0.2, 0.25) is 0 Å². The molecule has 0 saturated heterocycles. The molecule has 0 spiro atoms. The van der Waals surface area contributed by atoms with Crippen molar-refractivity contribution in [1.29, 1.82) is 0 Å². The van der Waals surface area contributed by atoms with Gasteiger partial charge in [-0.05, 0) is 52.0 Å². The maximum Gasteiger partial charge on any atom is 0.109 e. The molecule has 2 rings (SSSR count). The Morgan fingerprint density at radius 3 is 1.16 bits per heavy atom. The number of aryl methyl sites for hydroxylation is 4. The van der Waals surface area contributed by atoms with E-state index in [9.17, 15) is 0 Å². The van der Waals surface area contributed by atoms with Crippen LogP contribution in [0.3, 0.4) is 0 Å². The van der Waals surface area contributed by atoms with Gasteiger partial charge in [-0.25, -0.2) is 0 Å². The number of rotatable bonds is 2. The summed E-state index contributed by atoms with van der Waals surface area (Å²) in [7, 11) is -0.468. The molecule has 0 radical (unpaired) electrons. The van der Waals surface area contributed by atoms with Crippen molar-refractivity contribution in [1.82, 2.24) is 8.68 Å². The number of aromatic nitrogens is 2. The van der Waals surface area contributed by atoms with Gasteiger partial charge >= 0.3 is 0 Å². The van der Waals surface area contributed by atoms with E-state index in [0.717, 1.165) is 0 Å². The van der Waals surface area contributed by atoms with Crippen molar-refractivity contribution in [3.05, 3.63) is 47.0 Å². The molecule has 19 heavy (non-hydrogen) atoms. The van der Waals surface area contributed by atoms with Crippen molar-refractivity contribution >= 4 is 8.22 Å². The Morgan fingerprint density at radius 1 is 0.684 bits per heavy atom. The van der Waals surface area contributed by atoms with Gasteiger partial charge in [0, 0.05) is 27.9 Å². The molecule has 0 amide bonds. The van der Waals surface area contributed by atoms with E-state index in [4.69, 9.17) is 0 Å². The monoisotopic (exact) mass is 276 g/mol. The fourth-order valence-electron chi connectivity index (χ4n) is 2.61. The van der Waals surface area contributed by atoms with Crippen LogP contribution in [0.5, 0.6) is 0 Å². The fraction of sp³-hybridized carbons (Fsp3) is 0.500. The van der Waals surface area contributed by atoms with Crippen LogP contribution in [0.4, 0.5) is 0 Å². The highest BCUT2D eigenvalue weighted by Crippen LogP contribution is 2.54. The Morgan fingerprint density at radius 2 is 0.947 bits per heavy atom. The first-order valence-electron chi connectivity index (χ1n) is 6.84. The van der Waals surface area contributed by atoms with E-state index in [-0.39, 0.29) is 5.16 Å². The van der Waals surface area contributed by atoms with Gasteiger partial charge in [0.05, 0.1) is 0 Å². The first-order valence-corrected chi connectivity index (χ1v) is 8.09. The molecule has 2 aromatic rings. The third-order valence-corrected chi connectivity index (χ3v) is 6.67. The molecule has 2 nitrogen and oxygen atoms in total. The molecule has 0 fully saturated rings. The molecule has 0 bridgehead atoms. The lowest BCUT2D eigenvalue weighted by molar-refractivity contribution is 0.748. The van der Waals surface area contributed by atoms with Crippen LogP contribution in [-0.4, -0.2) is 13.8 Å². The molecule has 0 unspecified atom stereocenters. The molecule has 0 aliphatic rings. The minimum atomic E-state index is -0.468. The van der Waals surface area contributed by atoms with Crippen molar-refractivity contribution < 1.29 is 0 Å². The van der Waals surface area contributed by atoms with Gasteiger partial charge in [-0.1, -0.05) is 20.8 Å². The van der Waals surface area contributed by atoms with Crippen molar-refractivity contribution in [2.75, 3.05) is 0 Å². The Balaban J connectivity index is 2.69. The summed E-state index contributed by atoms with van der Waals surface area (Å²) in [5.41, 5.74) is 5.41. The predicted octanol–water partition coefficient (Wildman–Crippen LogP) is 5.03. The van der Waals surface area contributed by atoms with Crippen LogP contribution in [0.1, 0.15) is 43.5 Å². The Hall–Kier alpha value is -1.01. The van der Waals surface area contributed by atoms with E-state index in [1.54, 1.807) is 0 Å². The molecule has 0 atom stereocenters. The second kappa shape index (κ2) is 4.83. The maximum atomic E-state index is 2.52. The van der Waals surface area contributed by atoms with E-state index < -0.39 is 8.22 Å². The SMILES string of the molecule is Cc1ccc(C)n1P(n1c(C)ccc1C)C(C)(C)C. The molecule has 0 aromatic carbocycles. The maximum absolute atomic E-state index is 2.52. The quantitative estimate of drug-likeness (QED) is 0.681. The summed E-state index contributed by atoms with van der Waals surface area (Å²) in [4.78, 5) is 0. The number of hydrogen-bond acceptors (Lipinski definition) is 0. The second-order valence-corrected chi connectivity index (χ2v) is 9.04. The fourth-order valence-corrected chi connectivity index (χ4v) is 5.45. The number of nitrogens with zero attached hydrogens (tertiary/aromatic N) is 2. The number of hydrogen-bond donors (Lipinski definition) is 0. The van der Waals surface area contributed by atoms with E-state index in [1.165, 1.54) is 22.8 Å². The summed E-state index contributed by atoms with van der Waals surface area (Å²) >= 11 is 0. The lowest BCUT2D eigenvalue weighted by atomic mass is 10.3.